The van der Waals surface area contributed by atoms with Crippen molar-refractivity contribution in [2.24, 2.45) is 5.92 Å². The van der Waals surface area contributed by atoms with E-state index in [1.807, 2.05) is 4.90 Å². The van der Waals surface area contributed by atoms with Gasteiger partial charge in [0.15, 0.2) is 11.6 Å². The van der Waals surface area contributed by atoms with Gasteiger partial charge in [0.25, 0.3) is 0 Å². The number of benzene rings is 1. The van der Waals surface area contributed by atoms with Crippen molar-refractivity contribution >= 4 is 22.6 Å². The summed E-state index contributed by atoms with van der Waals surface area (Å²) in [4.78, 5) is 26.2. The van der Waals surface area contributed by atoms with Crippen LogP contribution >= 0.6 is 0 Å². The van der Waals surface area contributed by atoms with E-state index in [-0.39, 0.29) is 17.0 Å². The summed E-state index contributed by atoms with van der Waals surface area (Å²) < 4.78 is 22.5. The molecule has 1 saturated carbocycles. The van der Waals surface area contributed by atoms with Crippen molar-refractivity contribution in [3.63, 3.8) is 0 Å². The second-order valence-corrected chi connectivity index (χ2v) is 7.46. The van der Waals surface area contributed by atoms with Crippen molar-refractivity contribution in [3.05, 3.63) is 33.9 Å². The van der Waals surface area contributed by atoms with Crippen LogP contribution in [0.3, 0.4) is 0 Å². The quantitative estimate of drug-likeness (QED) is 0.868. The summed E-state index contributed by atoms with van der Waals surface area (Å²) in [5.41, 5.74) is -0.147. The third-order valence-corrected chi connectivity index (χ3v) is 5.75. The van der Waals surface area contributed by atoms with Crippen molar-refractivity contribution in [2.75, 3.05) is 25.1 Å². The highest BCUT2D eigenvalue weighted by Gasteiger charge is 2.32. The Morgan fingerprint density at radius 1 is 1.37 bits per heavy atom. The number of anilines is 1. The van der Waals surface area contributed by atoms with Crippen molar-refractivity contribution in [2.45, 2.75) is 38.6 Å². The average Bonchev–Trinajstić information content (AvgIpc) is 3.38. The fraction of sp³-hybridized carbons (Fsp3) is 0.500. The molecule has 1 aliphatic carbocycles. The number of ether oxygens (including phenoxy) is 1. The average molecular weight is 374 g/mol. The Morgan fingerprint density at radius 3 is 2.67 bits per heavy atom. The lowest BCUT2D eigenvalue weighted by Gasteiger charge is -2.24. The molecule has 2 aliphatic rings. The fourth-order valence-corrected chi connectivity index (χ4v) is 4.09. The molecule has 4 rings (SSSR count). The van der Waals surface area contributed by atoms with E-state index < -0.39 is 17.2 Å². The molecule has 1 unspecified atom stereocenters. The van der Waals surface area contributed by atoms with Gasteiger partial charge in [0, 0.05) is 25.3 Å². The smallest absolute Gasteiger partial charge is 0.341 e. The number of aromatic nitrogens is 1. The van der Waals surface area contributed by atoms with Crippen molar-refractivity contribution in [1.29, 1.82) is 0 Å². The second-order valence-electron chi connectivity index (χ2n) is 7.46. The van der Waals surface area contributed by atoms with Gasteiger partial charge < -0.3 is 19.3 Å². The van der Waals surface area contributed by atoms with Crippen LogP contribution in [0.1, 0.15) is 49.0 Å². The highest BCUT2D eigenvalue weighted by Crippen LogP contribution is 2.44. The van der Waals surface area contributed by atoms with Crippen molar-refractivity contribution < 1.29 is 19.0 Å². The van der Waals surface area contributed by atoms with Gasteiger partial charge in [-0.15, -0.1) is 0 Å². The Kier molecular flexibility index (Phi) is 4.32. The zero-order valence-electron chi connectivity index (χ0n) is 15.5. The van der Waals surface area contributed by atoms with Gasteiger partial charge in [-0.2, -0.15) is 0 Å². The summed E-state index contributed by atoms with van der Waals surface area (Å²) >= 11 is 0. The number of nitrogens with zero attached hydrogens (tertiary/aromatic N) is 2. The first-order valence-electron chi connectivity index (χ1n) is 9.39. The molecule has 1 saturated heterocycles. The number of hydrogen-bond donors (Lipinski definition) is 1. The first-order chi connectivity index (χ1) is 13.0. The number of hydrogen-bond acceptors (Lipinski definition) is 4. The molecular weight excluding hydrogens is 351 g/mol. The van der Waals surface area contributed by atoms with E-state index in [9.17, 15) is 14.7 Å². The van der Waals surface area contributed by atoms with Gasteiger partial charge in [-0.3, -0.25) is 4.79 Å². The SMILES string of the molecule is CCC1CCN(c2c(F)cc3c(=O)c(C(=O)O)cn(C4CC4)c3c2OC)C1. The zero-order chi connectivity index (χ0) is 19.3. The van der Waals surface area contributed by atoms with E-state index in [2.05, 4.69) is 6.92 Å². The van der Waals surface area contributed by atoms with Crippen LogP contribution in [-0.2, 0) is 0 Å². The summed E-state index contributed by atoms with van der Waals surface area (Å²) in [6.07, 6.45) is 5.20. The highest BCUT2D eigenvalue weighted by atomic mass is 19.1. The molecule has 1 atom stereocenters. The van der Waals surface area contributed by atoms with Gasteiger partial charge in [0.05, 0.1) is 18.0 Å². The van der Waals surface area contributed by atoms with Crippen molar-refractivity contribution in [3.8, 4) is 5.75 Å². The molecule has 27 heavy (non-hydrogen) atoms. The van der Waals surface area contributed by atoms with Crippen LogP contribution in [0.4, 0.5) is 10.1 Å². The topological polar surface area (TPSA) is 71.8 Å². The maximum absolute atomic E-state index is 15.1. The van der Waals surface area contributed by atoms with Gasteiger partial charge in [0.1, 0.15) is 11.3 Å². The number of rotatable bonds is 5. The van der Waals surface area contributed by atoms with Gasteiger partial charge in [-0.05, 0) is 31.2 Å². The Balaban J connectivity index is 2.01. The Labute approximate surface area is 156 Å². The predicted octanol–water partition coefficient (Wildman–Crippen LogP) is 3.42. The number of carboxylic acid groups (broad SMARTS) is 1. The van der Waals surface area contributed by atoms with E-state index in [0.29, 0.717) is 22.9 Å². The van der Waals surface area contributed by atoms with E-state index in [0.717, 1.165) is 38.8 Å². The third-order valence-electron chi connectivity index (χ3n) is 5.75. The maximum atomic E-state index is 15.1. The minimum atomic E-state index is -1.30. The van der Waals surface area contributed by atoms with Crippen LogP contribution < -0.4 is 15.1 Å². The minimum absolute atomic E-state index is 0.0612. The van der Waals surface area contributed by atoms with Gasteiger partial charge in [0.2, 0.25) is 5.43 Å². The molecule has 6 nitrogen and oxygen atoms in total. The van der Waals surface area contributed by atoms with Gasteiger partial charge >= 0.3 is 5.97 Å². The van der Waals surface area contributed by atoms with Crippen LogP contribution in [0.25, 0.3) is 10.9 Å². The second kappa shape index (κ2) is 6.55. The highest BCUT2D eigenvalue weighted by molar-refractivity contribution is 5.97. The molecule has 2 fully saturated rings. The third kappa shape index (κ3) is 2.85. The predicted molar refractivity (Wildman–Crippen MR) is 101 cm³/mol. The lowest BCUT2D eigenvalue weighted by molar-refractivity contribution is 0.0695. The molecule has 2 aromatic rings. The molecule has 0 bridgehead atoms. The lowest BCUT2D eigenvalue weighted by Crippen LogP contribution is -2.24. The largest absolute Gasteiger partial charge is 0.492 e. The number of fused-ring (bicyclic) bond motifs is 1. The van der Waals surface area contributed by atoms with Crippen LogP contribution in [0.5, 0.6) is 5.75 Å². The minimum Gasteiger partial charge on any atom is -0.492 e. The molecule has 1 aliphatic heterocycles. The zero-order valence-corrected chi connectivity index (χ0v) is 15.5. The number of aromatic carboxylic acids is 1. The summed E-state index contributed by atoms with van der Waals surface area (Å²) in [5.74, 6) is -1.02. The van der Waals surface area contributed by atoms with Gasteiger partial charge in [-0.25, -0.2) is 9.18 Å². The number of carboxylic acids is 1. The lowest BCUT2D eigenvalue weighted by atomic mass is 10.1. The molecule has 0 spiro atoms. The van der Waals surface area contributed by atoms with Crippen molar-refractivity contribution in [1.82, 2.24) is 4.57 Å². The van der Waals surface area contributed by atoms with E-state index in [4.69, 9.17) is 4.74 Å². The Hall–Kier alpha value is -2.57. The number of pyridine rings is 1. The van der Waals surface area contributed by atoms with Gasteiger partial charge in [-0.1, -0.05) is 13.3 Å². The molecule has 7 heteroatoms. The van der Waals surface area contributed by atoms with E-state index in [1.54, 1.807) is 4.57 Å². The molecule has 1 N–H and O–H groups in total. The number of carbonyl (C=O) groups is 1. The normalized spacial score (nSPS) is 19.7. The molecule has 1 aromatic carbocycles. The van der Waals surface area contributed by atoms with E-state index in [1.165, 1.54) is 19.4 Å². The first-order valence-corrected chi connectivity index (χ1v) is 9.39. The van der Waals surface area contributed by atoms with E-state index >= 15 is 4.39 Å². The Bertz CT molecular complexity index is 980. The summed E-state index contributed by atoms with van der Waals surface area (Å²) in [5, 5.41) is 9.45. The summed E-state index contributed by atoms with van der Waals surface area (Å²) in [6.45, 7) is 3.61. The number of methoxy groups -OCH3 is 1. The number of halogens is 1. The maximum Gasteiger partial charge on any atom is 0.341 e. The van der Waals surface area contributed by atoms with Crippen LogP contribution in [0, 0.1) is 11.7 Å². The fourth-order valence-electron chi connectivity index (χ4n) is 4.09. The summed E-state index contributed by atoms with van der Waals surface area (Å²) in [7, 11) is 1.47. The van der Waals surface area contributed by atoms with Crippen LogP contribution in [-0.4, -0.2) is 35.8 Å². The molecule has 144 valence electrons. The monoisotopic (exact) mass is 374 g/mol. The standard InChI is InChI=1S/C20H23FN2O4/c1-3-11-6-7-22(9-11)17-15(21)8-13-16(19(17)27-2)23(12-4-5-12)10-14(18(13)24)20(25)26/h8,10-12H,3-7,9H2,1-2H3,(H,25,26). The summed E-state index contributed by atoms with van der Waals surface area (Å²) in [6, 6.07) is 1.29. The molecule has 0 amide bonds. The molecule has 0 radical (unpaired) electrons. The van der Waals surface area contributed by atoms with Crippen LogP contribution in [0.2, 0.25) is 0 Å². The first kappa shape index (κ1) is 17.8. The Morgan fingerprint density at radius 2 is 2.11 bits per heavy atom. The molecule has 1 aromatic heterocycles. The molecular formula is C20H23FN2O4. The molecule has 2 heterocycles. The van der Waals surface area contributed by atoms with Crippen LogP contribution in [0.15, 0.2) is 17.1 Å².